The molecule has 2 aliphatic carbocycles. The van der Waals surface area contributed by atoms with Gasteiger partial charge in [-0.15, -0.1) is 0 Å². The molecule has 0 amide bonds. The van der Waals surface area contributed by atoms with Gasteiger partial charge in [0.05, 0.1) is 0 Å². The van der Waals surface area contributed by atoms with E-state index in [0.29, 0.717) is 11.1 Å². The van der Waals surface area contributed by atoms with Crippen molar-refractivity contribution in [3.05, 3.63) is 36.5 Å². The second-order valence-electron chi connectivity index (χ2n) is 5.75. The minimum Gasteiger partial charge on any atom is -0.458 e. The molecule has 1 heterocycles. The van der Waals surface area contributed by atoms with Gasteiger partial charge in [0.2, 0.25) is 0 Å². The van der Waals surface area contributed by atoms with Crippen molar-refractivity contribution in [2.75, 3.05) is 0 Å². The minimum atomic E-state index is -0.316. The van der Waals surface area contributed by atoms with E-state index >= 15 is 0 Å². The van der Waals surface area contributed by atoms with E-state index in [1.165, 1.54) is 0 Å². The fourth-order valence-electron chi connectivity index (χ4n) is 3.58. The number of allylic oxidation sites excluding steroid dienone is 2. The van der Waals surface area contributed by atoms with Crippen molar-refractivity contribution >= 4 is 11.8 Å². The Kier molecular flexibility index (Phi) is 2.19. The summed E-state index contributed by atoms with van der Waals surface area (Å²) in [7, 11) is 0. The molecule has 4 atom stereocenters. The molecule has 2 fully saturated rings. The zero-order valence-corrected chi connectivity index (χ0v) is 10.4. The molecule has 0 aromatic heterocycles. The van der Waals surface area contributed by atoms with Crippen LogP contribution in [-0.2, 0) is 14.3 Å². The summed E-state index contributed by atoms with van der Waals surface area (Å²) in [5.74, 6) is -0.417. The predicted molar refractivity (Wildman–Crippen MR) is 66.6 cm³/mol. The monoisotopic (exact) mass is 244 g/mol. The van der Waals surface area contributed by atoms with Gasteiger partial charge in [-0.1, -0.05) is 26.2 Å². The topological polar surface area (TPSA) is 43.4 Å². The van der Waals surface area contributed by atoms with Crippen LogP contribution in [0.3, 0.4) is 0 Å². The fourth-order valence-corrected chi connectivity index (χ4v) is 3.58. The van der Waals surface area contributed by atoms with Crippen molar-refractivity contribution in [3.63, 3.8) is 0 Å². The Balaban J connectivity index is 2.06. The number of carbonyl (C=O) groups is 2. The molecular weight excluding hydrogens is 228 g/mol. The van der Waals surface area contributed by atoms with Crippen molar-refractivity contribution in [1.29, 1.82) is 0 Å². The molecule has 0 N–H and O–H groups in total. The van der Waals surface area contributed by atoms with Gasteiger partial charge in [-0.3, -0.25) is 4.79 Å². The third kappa shape index (κ3) is 1.30. The van der Waals surface area contributed by atoms with Crippen LogP contribution >= 0.6 is 0 Å². The maximum Gasteiger partial charge on any atom is 0.334 e. The maximum atomic E-state index is 11.8. The van der Waals surface area contributed by atoms with Crippen molar-refractivity contribution in [2.45, 2.75) is 25.9 Å². The molecule has 3 heteroatoms. The molecular formula is C15H16O3. The van der Waals surface area contributed by atoms with Gasteiger partial charge in [0, 0.05) is 17.4 Å². The quantitative estimate of drug-likeness (QED) is 0.484. The highest BCUT2D eigenvalue weighted by molar-refractivity contribution is 6.05. The Labute approximate surface area is 106 Å². The fraction of sp³-hybridized carbons (Fsp3) is 0.467. The number of hydrogen-bond acceptors (Lipinski definition) is 3. The lowest BCUT2D eigenvalue weighted by Gasteiger charge is -2.46. The van der Waals surface area contributed by atoms with Crippen LogP contribution in [0.2, 0.25) is 0 Å². The number of hydrogen-bond donors (Lipinski definition) is 0. The lowest BCUT2D eigenvalue weighted by Crippen LogP contribution is -2.46. The number of carbonyl (C=O) groups excluding carboxylic acids is 2. The molecule has 3 aliphatic rings. The molecule has 0 radical (unpaired) electrons. The van der Waals surface area contributed by atoms with Gasteiger partial charge in [-0.05, 0) is 29.9 Å². The van der Waals surface area contributed by atoms with Crippen molar-refractivity contribution < 1.29 is 14.3 Å². The molecule has 0 aromatic carbocycles. The molecule has 94 valence electrons. The molecule has 0 aromatic rings. The Morgan fingerprint density at radius 1 is 1.33 bits per heavy atom. The van der Waals surface area contributed by atoms with E-state index in [2.05, 4.69) is 20.1 Å². The smallest absolute Gasteiger partial charge is 0.334 e. The van der Waals surface area contributed by atoms with E-state index in [4.69, 9.17) is 4.74 Å². The summed E-state index contributed by atoms with van der Waals surface area (Å²) < 4.78 is 5.45. The Morgan fingerprint density at radius 2 is 2.06 bits per heavy atom. The summed E-state index contributed by atoms with van der Waals surface area (Å²) in [6.45, 7) is 9.84. The minimum absolute atomic E-state index is 0.0478. The van der Waals surface area contributed by atoms with E-state index in [0.717, 1.165) is 12.8 Å². The largest absolute Gasteiger partial charge is 0.458 e. The lowest BCUT2D eigenvalue weighted by molar-refractivity contribution is -0.144. The molecule has 0 bridgehead atoms. The number of rotatable bonds is 0. The second-order valence-corrected chi connectivity index (χ2v) is 5.75. The van der Waals surface area contributed by atoms with E-state index in [1.807, 2.05) is 6.08 Å². The summed E-state index contributed by atoms with van der Waals surface area (Å²) >= 11 is 0. The Morgan fingerprint density at radius 3 is 2.78 bits per heavy atom. The molecule has 3 nitrogen and oxygen atoms in total. The molecule has 1 aliphatic heterocycles. The maximum absolute atomic E-state index is 11.8. The average Bonchev–Trinajstić information content (AvgIpc) is 2.60. The average molecular weight is 244 g/mol. The second kappa shape index (κ2) is 3.44. The SMILES string of the molecule is C=C1C(=O)C=C[C@@]2(C)CC[C@H]3C(=C)C(=O)O[C@@H]3[C@@H]12. The number of ketones is 1. The molecule has 0 spiro atoms. The van der Waals surface area contributed by atoms with Crippen LogP contribution in [0.25, 0.3) is 0 Å². The summed E-state index contributed by atoms with van der Waals surface area (Å²) in [5.41, 5.74) is 0.992. The normalized spacial score (nSPS) is 42.6. The Hall–Kier alpha value is -1.64. The van der Waals surface area contributed by atoms with Gasteiger partial charge in [0.15, 0.2) is 5.78 Å². The van der Waals surface area contributed by atoms with Gasteiger partial charge in [0.25, 0.3) is 0 Å². The first-order valence-electron chi connectivity index (χ1n) is 6.26. The number of esters is 1. The van der Waals surface area contributed by atoms with E-state index in [-0.39, 0.29) is 35.1 Å². The summed E-state index contributed by atoms with van der Waals surface area (Å²) in [6, 6.07) is 0. The molecule has 18 heavy (non-hydrogen) atoms. The highest BCUT2D eigenvalue weighted by atomic mass is 16.6. The van der Waals surface area contributed by atoms with Crippen LogP contribution in [0.4, 0.5) is 0 Å². The standard InChI is InChI=1S/C15H16O3/c1-8-10-4-6-15(3)7-5-11(16)9(2)12(15)13(10)18-14(8)17/h5,7,10,12-13H,1-2,4,6H2,3H3/t10-,12+,13-,15+/m0/s1. The third-order valence-corrected chi connectivity index (χ3v) is 4.69. The van der Waals surface area contributed by atoms with Crippen molar-refractivity contribution in [2.24, 2.45) is 17.3 Å². The summed E-state index contributed by atoms with van der Waals surface area (Å²) in [4.78, 5) is 23.4. The van der Waals surface area contributed by atoms with Crippen LogP contribution in [0.15, 0.2) is 36.5 Å². The Bertz CT molecular complexity index is 514. The predicted octanol–water partition coefficient (Wildman–Crippen LogP) is 2.20. The molecule has 1 saturated heterocycles. The van der Waals surface area contributed by atoms with Crippen LogP contribution in [0.5, 0.6) is 0 Å². The van der Waals surface area contributed by atoms with E-state index in [1.54, 1.807) is 6.08 Å². The lowest BCUT2D eigenvalue weighted by atomic mass is 9.57. The van der Waals surface area contributed by atoms with Gasteiger partial charge in [0.1, 0.15) is 6.10 Å². The van der Waals surface area contributed by atoms with E-state index < -0.39 is 0 Å². The van der Waals surface area contributed by atoms with Gasteiger partial charge < -0.3 is 4.74 Å². The molecule has 3 rings (SSSR count). The van der Waals surface area contributed by atoms with Crippen molar-refractivity contribution in [1.82, 2.24) is 0 Å². The first-order chi connectivity index (χ1) is 8.44. The first kappa shape index (κ1) is 11.5. The van der Waals surface area contributed by atoms with Crippen molar-refractivity contribution in [3.8, 4) is 0 Å². The van der Waals surface area contributed by atoms with Gasteiger partial charge in [-0.25, -0.2) is 4.79 Å². The zero-order valence-electron chi connectivity index (χ0n) is 10.4. The summed E-state index contributed by atoms with van der Waals surface area (Å²) in [6.07, 6.45) is 5.11. The van der Waals surface area contributed by atoms with Crippen LogP contribution < -0.4 is 0 Å². The highest BCUT2D eigenvalue weighted by Crippen LogP contribution is 2.54. The number of fused-ring (bicyclic) bond motifs is 3. The van der Waals surface area contributed by atoms with Crippen LogP contribution in [0.1, 0.15) is 19.8 Å². The van der Waals surface area contributed by atoms with Crippen LogP contribution in [0, 0.1) is 17.3 Å². The van der Waals surface area contributed by atoms with Gasteiger partial charge in [-0.2, -0.15) is 0 Å². The molecule has 1 saturated carbocycles. The zero-order chi connectivity index (χ0) is 13.1. The first-order valence-corrected chi connectivity index (χ1v) is 6.26. The van der Waals surface area contributed by atoms with E-state index in [9.17, 15) is 9.59 Å². The van der Waals surface area contributed by atoms with Gasteiger partial charge >= 0.3 is 5.97 Å². The highest BCUT2D eigenvalue weighted by Gasteiger charge is 2.55. The molecule has 0 unspecified atom stereocenters. The third-order valence-electron chi connectivity index (χ3n) is 4.69. The number of ether oxygens (including phenoxy) is 1. The summed E-state index contributed by atoms with van der Waals surface area (Å²) in [5, 5.41) is 0. The van der Waals surface area contributed by atoms with Crippen LogP contribution in [-0.4, -0.2) is 17.9 Å².